The minimum atomic E-state index is -3.62. The third kappa shape index (κ3) is 2.61. The van der Waals surface area contributed by atoms with Crippen LogP contribution in [0.3, 0.4) is 0 Å². The number of furan rings is 1. The molecular formula is C17H18N2O5S. The molecule has 2 aliphatic heterocycles. The Morgan fingerprint density at radius 1 is 1.16 bits per heavy atom. The van der Waals surface area contributed by atoms with Crippen LogP contribution in [0.15, 0.2) is 52.0 Å². The molecule has 0 saturated carbocycles. The molecule has 8 heteroatoms. The second kappa shape index (κ2) is 5.60. The number of hydrogen-bond donors (Lipinski definition) is 0. The number of para-hydroxylation sites is 1. The highest BCUT2D eigenvalue weighted by Gasteiger charge is 2.48. The summed E-state index contributed by atoms with van der Waals surface area (Å²) in [5.41, 5.74) is -0.767. The van der Waals surface area contributed by atoms with Crippen molar-refractivity contribution in [3.63, 3.8) is 0 Å². The third-order valence-corrected chi connectivity index (χ3v) is 6.55. The van der Waals surface area contributed by atoms with E-state index in [1.54, 1.807) is 48.3 Å². The van der Waals surface area contributed by atoms with Crippen LogP contribution in [0.1, 0.15) is 17.0 Å². The zero-order valence-electron chi connectivity index (χ0n) is 13.7. The number of carbonyl (C=O) groups excluding carboxylic acids is 1. The largest absolute Gasteiger partial charge is 0.483 e. The number of rotatable bonds is 1. The van der Waals surface area contributed by atoms with E-state index in [0.29, 0.717) is 25.3 Å². The van der Waals surface area contributed by atoms with Crippen LogP contribution in [-0.2, 0) is 10.0 Å². The van der Waals surface area contributed by atoms with E-state index in [-0.39, 0.29) is 23.1 Å². The standard InChI is InChI=1S/C17H18N2O5S/c1-18-11-17(24-13-5-2-3-7-15(13)25(18,21)22)8-9-19(12-17)16(20)14-6-4-10-23-14/h2-7,10H,8-9,11-12H2,1H3/t17-/m0/s1. The van der Waals surface area contributed by atoms with Crippen LogP contribution >= 0.6 is 0 Å². The lowest BCUT2D eigenvalue weighted by atomic mass is 10.0. The van der Waals surface area contributed by atoms with E-state index < -0.39 is 15.6 Å². The Balaban J connectivity index is 1.67. The first kappa shape index (κ1) is 16.2. The summed E-state index contributed by atoms with van der Waals surface area (Å²) in [6, 6.07) is 9.90. The molecule has 1 atom stereocenters. The lowest BCUT2D eigenvalue weighted by Crippen LogP contribution is -2.48. The van der Waals surface area contributed by atoms with Crippen LogP contribution in [0.25, 0.3) is 0 Å². The summed E-state index contributed by atoms with van der Waals surface area (Å²) in [7, 11) is -2.07. The summed E-state index contributed by atoms with van der Waals surface area (Å²) in [6.45, 7) is 0.974. The summed E-state index contributed by atoms with van der Waals surface area (Å²) in [4.78, 5) is 14.3. The summed E-state index contributed by atoms with van der Waals surface area (Å²) in [5.74, 6) is 0.389. The molecule has 1 spiro atoms. The molecule has 1 aromatic carbocycles. The number of hydrogen-bond acceptors (Lipinski definition) is 5. The molecule has 25 heavy (non-hydrogen) atoms. The Labute approximate surface area is 145 Å². The van der Waals surface area contributed by atoms with Crippen LogP contribution in [-0.4, -0.2) is 55.8 Å². The van der Waals surface area contributed by atoms with Crippen molar-refractivity contribution in [1.82, 2.24) is 9.21 Å². The van der Waals surface area contributed by atoms with Gasteiger partial charge in [-0.25, -0.2) is 8.42 Å². The first-order valence-corrected chi connectivity index (χ1v) is 9.43. The highest BCUT2D eigenvalue weighted by atomic mass is 32.2. The van der Waals surface area contributed by atoms with Crippen LogP contribution in [0.4, 0.5) is 0 Å². The normalized spacial score (nSPS) is 25.4. The molecule has 1 fully saturated rings. The van der Waals surface area contributed by atoms with E-state index in [9.17, 15) is 13.2 Å². The van der Waals surface area contributed by atoms with Crippen molar-refractivity contribution in [3.05, 3.63) is 48.4 Å². The van der Waals surface area contributed by atoms with E-state index in [4.69, 9.17) is 9.15 Å². The zero-order chi connectivity index (χ0) is 17.7. The third-order valence-electron chi connectivity index (χ3n) is 4.71. The maximum absolute atomic E-state index is 12.7. The predicted octanol–water partition coefficient (Wildman–Crippen LogP) is 1.58. The molecule has 0 radical (unpaired) electrons. The van der Waals surface area contributed by atoms with Crippen LogP contribution in [0, 0.1) is 0 Å². The Morgan fingerprint density at radius 3 is 2.72 bits per heavy atom. The van der Waals surface area contributed by atoms with Gasteiger partial charge in [0.2, 0.25) is 10.0 Å². The smallest absolute Gasteiger partial charge is 0.289 e. The van der Waals surface area contributed by atoms with Crippen molar-refractivity contribution in [2.75, 3.05) is 26.7 Å². The molecule has 1 saturated heterocycles. The van der Waals surface area contributed by atoms with Crippen molar-refractivity contribution in [2.45, 2.75) is 16.9 Å². The lowest BCUT2D eigenvalue weighted by Gasteiger charge is -2.30. The van der Waals surface area contributed by atoms with Crippen molar-refractivity contribution < 1.29 is 22.4 Å². The molecule has 2 aliphatic rings. The molecule has 0 N–H and O–H groups in total. The highest BCUT2D eigenvalue weighted by Crippen LogP contribution is 2.38. The number of likely N-dealkylation sites (tertiary alicyclic amines) is 1. The van der Waals surface area contributed by atoms with Gasteiger partial charge in [-0.1, -0.05) is 12.1 Å². The first-order chi connectivity index (χ1) is 11.9. The SMILES string of the molecule is CN1C[C@]2(CCN(C(=O)c3ccco3)C2)Oc2ccccc2S1(=O)=O. The molecular weight excluding hydrogens is 344 g/mol. The number of likely N-dealkylation sites (N-methyl/N-ethyl adjacent to an activating group) is 1. The van der Waals surface area contributed by atoms with Crippen molar-refractivity contribution in [3.8, 4) is 5.75 Å². The molecule has 0 unspecified atom stereocenters. The van der Waals surface area contributed by atoms with Gasteiger partial charge >= 0.3 is 0 Å². The Hall–Kier alpha value is -2.32. The van der Waals surface area contributed by atoms with E-state index in [1.807, 2.05) is 0 Å². The van der Waals surface area contributed by atoms with E-state index in [1.165, 1.54) is 10.6 Å². The Kier molecular flexibility index (Phi) is 3.62. The van der Waals surface area contributed by atoms with Gasteiger partial charge in [-0.3, -0.25) is 4.79 Å². The second-order valence-electron chi connectivity index (χ2n) is 6.45. The number of benzene rings is 1. The van der Waals surface area contributed by atoms with Gasteiger partial charge in [0.1, 0.15) is 16.2 Å². The molecule has 3 heterocycles. The summed E-state index contributed by atoms with van der Waals surface area (Å²) in [5, 5.41) is 0. The number of amides is 1. The Morgan fingerprint density at radius 2 is 1.96 bits per heavy atom. The number of carbonyl (C=O) groups is 1. The van der Waals surface area contributed by atoms with Crippen LogP contribution in [0.2, 0.25) is 0 Å². The van der Waals surface area contributed by atoms with Crippen molar-refractivity contribution in [1.29, 1.82) is 0 Å². The maximum Gasteiger partial charge on any atom is 0.289 e. The lowest BCUT2D eigenvalue weighted by molar-refractivity contribution is 0.0529. The van der Waals surface area contributed by atoms with E-state index >= 15 is 0 Å². The van der Waals surface area contributed by atoms with Gasteiger partial charge in [0.15, 0.2) is 5.76 Å². The van der Waals surface area contributed by atoms with Gasteiger partial charge < -0.3 is 14.1 Å². The highest BCUT2D eigenvalue weighted by molar-refractivity contribution is 7.89. The minimum Gasteiger partial charge on any atom is -0.483 e. The van der Waals surface area contributed by atoms with Gasteiger partial charge in [0.05, 0.1) is 19.4 Å². The molecule has 1 aromatic heterocycles. The summed E-state index contributed by atoms with van der Waals surface area (Å²) < 4.78 is 38.1. The number of nitrogens with zero attached hydrogens (tertiary/aromatic N) is 2. The molecule has 0 aliphatic carbocycles. The van der Waals surface area contributed by atoms with Crippen molar-refractivity contribution in [2.24, 2.45) is 0 Å². The van der Waals surface area contributed by atoms with Crippen LogP contribution < -0.4 is 4.74 Å². The fraction of sp³-hybridized carbons (Fsp3) is 0.353. The Bertz CT molecular complexity index is 909. The number of fused-ring (bicyclic) bond motifs is 1. The minimum absolute atomic E-state index is 0.158. The molecule has 4 rings (SSSR count). The first-order valence-electron chi connectivity index (χ1n) is 7.99. The quantitative estimate of drug-likeness (QED) is 0.769. The second-order valence-corrected chi connectivity index (χ2v) is 8.46. The zero-order valence-corrected chi connectivity index (χ0v) is 14.5. The summed E-state index contributed by atoms with van der Waals surface area (Å²) in [6.07, 6.45) is 2.01. The molecule has 0 bridgehead atoms. The maximum atomic E-state index is 12.7. The van der Waals surface area contributed by atoms with Crippen LogP contribution in [0.5, 0.6) is 5.75 Å². The van der Waals surface area contributed by atoms with Gasteiger partial charge in [-0.15, -0.1) is 0 Å². The fourth-order valence-corrected chi connectivity index (χ4v) is 4.81. The van der Waals surface area contributed by atoms with Gasteiger partial charge in [-0.2, -0.15) is 4.31 Å². The molecule has 1 amide bonds. The monoisotopic (exact) mass is 362 g/mol. The topological polar surface area (TPSA) is 80.1 Å². The summed E-state index contributed by atoms with van der Waals surface area (Å²) >= 11 is 0. The van der Waals surface area contributed by atoms with E-state index in [2.05, 4.69) is 0 Å². The van der Waals surface area contributed by atoms with Gasteiger partial charge in [-0.05, 0) is 24.3 Å². The van der Waals surface area contributed by atoms with Gasteiger partial charge in [0.25, 0.3) is 5.91 Å². The van der Waals surface area contributed by atoms with E-state index in [0.717, 1.165) is 0 Å². The number of sulfonamides is 1. The molecule has 7 nitrogen and oxygen atoms in total. The van der Waals surface area contributed by atoms with Crippen molar-refractivity contribution >= 4 is 15.9 Å². The fourth-order valence-electron chi connectivity index (χ4n) is 3.46. The average Bonchev–Trinajstić information content (AvgIpc) is 3.23. The predicted molar refractivity (Wildman–Crippen MR) is 88.8 cm³/mol. The molecule has 2 aromatic rings. The molecule has 132 valence electrons. The average molecular weight is 362 g/mol. The van der Waals surface area contributed by atoms with Gasteiger partial charge in [0, 0.05) is 20.0 Å². The number of ether oxygens (including phenoxy) is 1.